The maximum Gasteiger partial charge on any atom is 0.274 e. The maximum absolute atomic E-state index is 12.3. The lowest BCUT2D eigenvalue weighted by molar-refractivity contribution is -0.184. The minimum absolute atomic E-state index is 0.00218. The van der Waals surface area contributed by atoms with E-state index >= 15 is 0 Å². The Hall–Kier alpha value is -1.10. The second-order valence-corrected chi connectivity index (χ2v) is 5.24. The summed E-state index contributed by atoms with van der Waals surface area (Å²) in [4.78, 5) is 26.0. The molecule has 2 rings (SSSR count). The summed E-state index contributed by atoms with van der Waals surface area (Å²) in [6.45, 7) is 4.71. The van der Waals surface area contributed by atoms with Crippen LogP contribution in [0.4, 0.5) is 0 Å². The minimum Gasteiger partial charge on any atom is -0.350 e. The minimum atomic E-state index is -1.04. The molecule has 2 amide bonds. The Morgan fingerprint density at radius 1 is 1.53 bits per heavy atom. The molecule has 0 bridgehead atoms. The number of piperazine rings is 1. The first kappa shape index (κ1) is 12.4. The van der Waals surface area contributed by atoms with Crippen LogP contribution in [-0.4, -0.2) is 42.1 Å². The zero-order chi connectivity index (χ0) is 12.6. The molecule has 0 saturated carbocycles. The van der Waals surface area contributed by atoms with Gasteiger partial charge in [0.2, 0.25) is 11.6 Å². The van der Waals surface area contributed by atoms with Crippen molar-refractivity contribution in [3.05, 3.63) is 0 Å². The van der Waals surface area contributed by atoms with Gasteiger partial charge < -0.3 is 15.0 Å². The number of amides is 2. The van der Waals surface area contributed by atoms with Gasteiger partial charge in [0.05, 0.1) is 0 Å². The van der Waals surface area contributed by atoms with E-state index in [0.29, 0.717) is 25.3 Å². The molecule has 2 heterocycles. The van der Waals surface area contributed by atoms with Crippen molar-refractivity contribution in [2.75, 3.05) is 13.7 Å². The molecule has 0 spiro atoms. The molecule has 2 aliphatic rings. The number of nitrogens with one attached hydrogen (secondary N) is 1. The van der Waals surface area contributed by atoms with Gasteiger partial charge in [0.1, 0.15) is 6.04 Å². The van der Waals surface area contributed by atoms with Crippen LogP contribution in [0.5, 0.6) is 0 Å². The van der Waals surface area contributed by atoms with E-state index in [4.69, 9.17) is 4.74 Å². The number of ether oxygens (including phenoxy) is 1. The average molecular weight is 240 g/mol. The molecule has 2 fully saturated rings. The van der Waals surface area contributed by atoms with Crippen LogP contribution >= 0.6 is 0 Å². The summed E-state index contributed by atoms with van der Waals surface area (Å²) in [5.41, 5.74) is -1.04. The quantitative estimate of drug-likeness (QED) is 0.781. The third kappa shape index (κ3) is 1.82. The van der Waals surface area contributed by atoms with Crippen molar-refractivity contribution in [1.29, 1.82) is 0 Å². The number of methoxy groups -OCH3 is 1. The fourth-order valence-corrected chi connectivity index (χ4v) is 2.77. The molecule has 0 aliphatic carbocycles. The Morgan fingerprint density at radius 2 is 2.24 bits per heavy atom. The van der Waals surface area contributed by atoms with Crippen molar-refractivity contribution in [1.82, 2.24) is 10.2 Å². The highest BCUT2D eigenvalue weighted by atomic mass is 16.5. The first-order valence-corrected chi connectivity index (χ1v) is 6.19. The molecule has 17 heavy (non-hydrogen) atoms. The Morgan fingerprint density at radius 3 is 2.82 bits per heavy atom. The molecule has 0 radical (unpaired) electrons. The highest BCUT2D eigenvalue weighted by Gasteiger charge is 2.55. The van der Waals surface area contributed by atoms with Crippen LogP contribution in [0.15, 0.2) is 0 Å². The summed E-state index contributed by atoms with van der Waals surface area (Å²) in [7, 11) is 1.49. The van der Waals surface area contributed by atoms with E-state index in [9.17, 15) is 9.59 Å². The standard InChI is InChI=1S/C12H20N2O3/c1-8(2)7-9-10(15)14-6-4-5-12(14,17-3)11(16)13-9/h8-9H,4-7H2,1-3H3,(H,13,16)/t9-,12-/m0/s1. The maximum atomic E-state index is 12.3. The predicted molar refractivity (Wildman–Crippen MR) is 62.1 cm³/mol. The lowest BCUT2D eigenvalue weighted by Crippen LogP contribution is -2.69. The van der Waals surface area contributed by atoms with Crippen molar-refractivity contribution in [2.24, 2.45) is 5.92 Å². The highest BCUT2D eigenvalue weighted by Crippen LogP contribution is 2.34. The van der Waals surface area contributed by atoms with E-state index in [2.05, 4.69) is 5.32 Å². The monoisotopic (exact) mass is 240 g/mol. The number of carbonyl (C=O) groups excluding carboxylic acids is 2. The van der Waals surface area contributed by atoms with Crippen LogP contribution in [0.1, 0.15) is 33.1 Å². The van der Waals surface area contributed by atoms with E-state index in [1.165, 1.54) is 7.11 Å². The fraction of sp³-hybridized carbons (Fsp3) is 0.833. The smallest absolute Gasteiger partial charge is 0.274 e. The SMILES string of the molecule is CO[C@]12CCCN1C(=O)[C@H](CC(C)C)NC2=O. The van der Waals surface area contributed by atoms with E-state index in [1.807, 2.05) is 13.8 Å². The van der Waals surface area contributed by atoms with Gasteiger partial charge in [-0.2, -0.15) is 0 Å². The van der Waals surface area contributed by atoms with Gasteiger partial charge in [-0.1, -0.05) is 13.8 Å². The third-order valence-electron chi connectivity index (χ3n) is 3.60. The van der Waals surface area contributed by atoms with Gasteiger partial charge in [-0.15, -0.1) is 0 Å². The van der Waals surface area contributed by atoms with Crippen LogP contribution in [0, 0.1) is 5.92 Å². The molecule has 0 aromatic rings. The Bertz CT molecular complexity index is 343. The molecule has 1 N–H and O–H groups in total. The lowest BCUT2D eigenvalue weighted by Gasteiger charge is -2.42. The molecular weight excluding hydrogens is 220 g/mol. The zero-order valence-corrected chi connectivity index (χ0v) is 10.7. The van der Waals surface area contributed by atoms with Gasteiger partial charge in [0, 0.05) is 20.1 Å². The van der Waals surface area contributed by atoms with Crippen molar-refractivity contribution in [3.8, 4) is 0 Å². The Labute approximate surface area is 101 Å². The van der Waals surface area contributed by atoms with Crippen LogP contribution < -0.4 is 5.32 Å². The van der Waals surface area contributed by atoms with Crippen LogP contribution in [-0.2, 0) is 14.3 Å². The second kappa shape index (κ2) is 4.29. The molecular formula is C12H20N2O3. The van der Waals surface area contributed by atoms with E-state index < -0.39 is 5.72 Å². The number of carbonyl (C=O) groups is 2. The number of nitrogens with zero attached hydrogens (tertiary/aromatic N) is 1. The molecule has 2 atom stereocenters. The van der Waals surface area contributed by atoms with E-state index in [1.54, 1.807) is 4.90 Å². The zero-order valence-electron chi connectivity index (χ0n) is 10.7. The summed E-state index contributed by atoms with van der Waals surface area (Å²) in [5.74, 6) is 0.210. The molecule has 96 valence electrons. The van der Waals surface area contributed by atoms with Crippen molar-refractivity contribution >= 4 is 11.8 Å². The van der Waals surface area contributed by atoms with Gasteiger partial charge >= 0.3 is 0 Å². The van der Waals surface area contributed by atoms with Crippen LogP contribution in [0.25, 0.3) is 0 Å². The topological polar surface area (TPSA) is 58.6 Å². The van der Waals surface area contributed by atoms with Gasteiger partial charge in [-0.25, -0.2) is 0 Å². The Kier molecular flexibility index (Phi) is 3.12. The van der Waals surface area contributed by atoms with Gasteiger partial charge in [-0.05, 0) is 18.8 Å². The third-order valence-corrected chi connectivity index (χ3v) is 3.60. The van der Waals surface area contributed by atoms with Gasteiger partial charge in [0.25, 0.3) is 5.91 Å². The largest absolute Gasteiger partial charge is 0.350 e. The van der Waals surface area contributed by atoms with Crippen molar-refractivity contribution < 1.29 is 14.3 Å². The summed E-state index contributed by atoms with van der Waals surface area (Å²) < 4.78 is 5.33. The number of fused-ring (bicyclic) bond motifs is 1. The average Bonchev–Trinajstić information content (AvgIpc) is 2.70. The van der Waals surface area contributed by atoms with Crippen LogP contribution in [0.2, 0.25) is 0 Å². The van der Waals surface area contributed by atoms with Crippen LogP contribution in [0.3, 0.4) is 0 Å². The fourth-order valence-electron chi connectivity index (χ4n) is 2.77. The second-order valence-electron chi connectivity index (χ2n) is 5.24. The molecule has 0 unspecified atom stereocenters. The summed E-state index contributed by atoms with van der Waals surface area (Å²) in [6.07, 6.45) is 2.09. The molecule has 5 heteroatoms. The first-order chi connectivity index (χ1) is 8.01. The first-order valence-electron chi connectivity index (χ1n) is 6.19. The molecule has 0 aromatic carbocycles. The van der Waals surface area contributed by atoms with Gasteiger partial charge in [-0.3, -0.25) is 9.59 Å². The summed E-state index contributed by atoms with van der Waals surface area (Å²) in [6, 6.07) is -0.385. The lowest BCUT2D eigenvalue weighted by atomic mass is 9.97. The van der Waals surface area contributed by atoms with Crippen molar-refractivity contribution in [2.45, 2.75) is 44.9 Å². The summed E-state index contributed by atoms with van der Waals surface area (Å²) >= 11 is 0. The number of hydrogen-bond acceptors (Lipinski definition) is 3. The van der Waals surface area contributed by atoms with E-state index in [-0.39, 0.29) is 17.9 Å². The Balaban J connectivity index is 2.22. The number of rotatable bonds is 3. The number of hydrogen-bond donors (Lipinski definition) is 1. The highest BCUT2D eigenvalue weighted by molar-refractivity contribution is 5.99. The molecule has 5 nitrogen and oxygen atoms in total. The predicted octanol–water partition coefficient (Wildman–Crippen LogP) is 0.496. The van der Waals surface area contributed by atoms with Gasteiger partial charge in [0.15, 0.2) is 0 Å². The molecule has 0 aromatic heterocycles. The van der Waals surface area contributed by atoms with Crippen molar-refractivity contribution in [3.63, 3.8) is 0 Å². The normalized spacial score (nSPS) is 32.9. The summed E-state index contributed by atoms with van der Waals surface area (Å²) in [5, 5.41) is 2.81. The molecule has 2 saturated heterocycles. The molecule has 2 aliphatic heterocycles. The van der Waals surface area contributed by atoms with E-state index in [0.717, 1.165) is 6.42 Å².